The van der Waals surface area contributed by atoms with Gasteiger partial charge in [-0.15, -0.1) is 5.53 Å². The van der Waals surface area contributed by atoms with Gasteiger partial charge in [-0.2, -0.15) is 0 Å². The third-order valence-corrected chi connectivity index (χ3v) is 29.5. The molecule has 0 aromatic heterocycles. The minimum absolute atomic E-state index is 0.0173. The minimum atomic E-state index is -2.45. The monoisotopic (exact) mass is 2070 g/mol. The maximum Gasteiger partial charge on any atom is 0.246 e. The van der Waals surface area contributed by atoms with Crippen molar-refractivity contribution in [2.24, 2.45) is 40.3 Å². The highest BCUT2D eigenvalue weighted by Crippen LogP contribution is 2.72. The van der Waals surface area contributed by atoms with Crippen molar-refractivity contribution in [1.29, 1.82) is 0 Å². The van der Waals surface area contributed by atoms with Crippen molar-refractivity contribution in [1.82, 2.24) is 58.6 Å². The quantitative estimate of drug-likeness (QED) is 0.0234. The average molecular weight is 2070 g/mol. The Bertz CT molecular complexity index is 4800. The van der Waals surface area contributed by atoms with Crippen LogP contribution in [-0.4, -0.2) is 366 Å². The van der Waals surface area contributed by atoms with E-state index in [1.165, 1.54) is 31.0 Å². The summed E-state index contributed by atoms with van der Waals surface area (Å²) >= 11 is 0. The molecular weight excluding hydrogens is 1910 g/mol. The summed E-state index contributed by atoms with van der Waals surface area (Å²) in [5.41, 5.74) is 6.94. The fourth-order valence-corrected chi connectivity index (χ4v) is 21.7. The largest absolute Gasteiger partial charge is 0.394 e. The number of aliphatic hydroxyl groups excluding tert-OH is 8. The number of hydrogen-bond acceptors (Lipinski definition) is 37. The number of halogens is 2. The van der Waals surface area contributed by atoms with Crippen LogP contribution in [0.15, 0.2) is 83.7 Å². The Morgan fingerprint density at radius 2 is 1.32 bits per heavy atom. The van der Waals surface area contributed by atoms with Crippen LogP contribution in [0.2, 0.25) is 0 Å². The van der Waals surface area contributed by atoms with Gasteiger partial charge in [0.1, 0.15) is 73.8 Å². The number of fused-ring (bicyclic) bond motifs is 9. The number of Topliss-reactive ketones (excluding diaryl/α,β-unsaturated/α-hetero) is 2. The van der Waals surface area contributed by atoms with Gasteiger partial charge in [0.2, 0.25) is 35.4 Å². The molecule has 0 bridgehead atoms. The summed E-state index contributed by atoms with van der Waals surface area (Å²) in [5, 5.41) is 109. The molecule has 10 aliphatic rings. The van der Waals surface area contributed by atoms with Crippen LogP contribution in [-0.2, 0) is 111 Å². The highest BCUT2D eigenvalue weighted by atomic mass is 19.1. The Morgan fingerprint density at radius 3 is 2.00 bits per heavy atom. The van der Waals surface area contributed by atoms with Gasteiger partial charge in [-0.1, -0.05) is 102 Å². The third-order valence-electron chi connectivity index (χ3n) is 29.5. The lowest BCUT2D eigenvalue weighted by molar-refractivity contribution is -0.349. The van der Waals surface area contributed by atoms with Crippen LogP contribution in [0, 0.1) is 34.5 Å². The van der Waals surface area contributed by atoms with Gasteiger partial charge in [-0.25, -0.2) is 8.78 Å². The van der Waals surface area contributed by atoms with E-state index in [0.29, 0.717) is 113 Å². The zero-order valence-corrected chi connectivity index (χ0v) is 84.5. The van der Waals surface area contributed by atoms with Gasteiger partial charge in [0, 0.05) is 85.7 Å². The summed E-state index contributed by atoms with van der Waals surface area (Å²) < 4.78 is 111. The average Bonchev–Trinajstić information content (AvgIpc) is 1.48. The minimum Gasteiger partial charge on any atom is -0.394 e. The number of likely N-dealkylation sites (N-methyl/N-ethyl adjacent to an activating group) is 1. The number of anilines is 1. The number of allylic oxidation sites excluding steroid dienone is 5. The molecule has 5 heterocycles. The Hall–Kier alpha value is -8.67. The van der Waals surface area contributed by atoms with Crippen molar-refractivity contribution in [3.05, 3.63) is 100 Å². The highest BCUT2D eigenvalue weighted by Gasteiger charge is 2.80. The van der Waals surface area contributed by atoms with Crippen LogP contribution in [0.4, 0.5) is 14.5 Å². The lowest BCUT2D eigenvalue weighted by atomic mass is 9.44. The van der Waals surface area contributed by atoms with Gasteiger partial charge in [-0.05, 0) is 119 Å². The molecule has 45 heteroatoms. The molecule has 816 valence electrons. The SMILES string of the molecule is CCCC1O[C@@H]2C[C@H]3[C@@H]4C[C@H](F)C5=CC(=O)C=C[C@]5(C)[C@@]4(F)[C@@H](O)C[C@]3(C)[C@]2(C(=O)CNC(=O)[C@H](C)CC(=O)[C@@H](NC(=O)[C@@H](CCCCNC(=O)COC2CCCCCC3=C2NNN3[C@H]2O[C@H](CO)[C@@H](O[C@H]3O[C@H](CO)[C@@H](O)[C@H](O)[C@H]3O)[C@H](O)[C@H]2O)NC(=O)CCOCCOCCOCCOCCNC(=O)CCC(=O)N2Cc3ccccc3/C(NCCOCCOCCOCCNC)=C(/NN)c3ccccc32)C(C)C)O1. The molecule has 0 radical (unpaired) electrons. The van der Waals surface area contributed by atoms with Crippen LogP contribution in [0.1, 0.15) is 167 Å². The molecule has 5 aliphatic carbocycles. The van der Waals surface area contributed by atoms with Crippen molar-refractivity contribution < 1.29 is 154 Å². The summed E-state index contributed by atoms with van der Waals surface area (Å²) in [4.78, 5) is 127. The Kier molecular flexibility index (Phi) is 44.0. The van der Waals surface area contributed by atoms with E-state index in [0.717, 1.165) is 35.9 Å². The molecular formula is C101H153F2N13O30. The van der Waals surface area contributed by atoms with Gasteiger partial charge in [-0.3, -0.25) is 54.0 Å². The molecule has 3 saturated carbocycles. The first-order chi connectivity index (χ1) is 70.2. The number of aliphatic hydroxyl groups is 8. The molecule has 3 saturated heterocycles. The van der Waals surface area contributed by atoms with Crippen molar-refractivity contribution in [3.8, 4) is 0 Å². The van der Waals surface area contributed by atoms with Gasteiger partial charge >= 0.3 is 0 Å². The molecule has 12 rings (SSSR count). The number of nitrogens with one attached hydrogen (secondary N) is 10. The number of ether oxygens (including phenoxy) is 13. The van der Waals surface area contributed by atoms with E-state index in [-0.39, 0.29) is 148 Å². The normalized spacial score (nSPS) is 30.5. The number of benzene rings is 2. The van der Waals surface area contributed by atoms with Gasteiger partial charge in [0.05, 0.1) is 166 Å². The van der Waals surface area contributed by atoms with Crippen molar-refractivity contribution in [2.45, 2.75) is 273 Å². The number of nitrogens with two attached hydrogens (primary N) is 1. The summed E-state index contributed by atoms with van der Waals surface area (Å²) in [6.07, 6.45) is -15.5. The van der Waals surface area contributed by atoms with Gasteiger partial charge in [0.25, 0.3) is 0 Å². The molecule has 6 fully saturated rings. The van der Waals surface area contributed by atoms with Crippen LogP contribution in [0.25, 0.3) is 11.4 Å². The van der Waals surface area contributed by atoms with E-state index in [9.17, 15) is 79.2 Å². The zero-order valence-electron chi connectivity index (χ0n) is 84.5. The van der Waals surface area contributed by atoms with Crippen molar-refractivity contribution in [2.75, 3.05) is 157 Å². The molecule has 5 aliphatic heterocycles. The lowest BCUT2D eigenvalue weighted by Gasteiger charge is -2.63. The first-order valence-corrected chi connectivity index (χ1v) is 51.4. The fraction of sp³-hybridized carbons (Fsp3) is 0.713. The third kappa shape index (κ3) is 27.8. The number of rotatable bonds is 58. The predicted molar refractivity (Wildman–Crippen MR) is 521 cm³/mol. The molecule has 24 atom stereocenters. The predicted octanol–water partition coefficient (Wildman–Crippen LogP) is -0.0544. The van der Waals surface area contributed by atoms with E-state index in [1.54, 1.807) is 25.7 Å². The van der Waals surface area contributed by atoms with E-state index in [1.807, 2.05) is 62.5 Å². The molecule has 2 unspecified atom stereocenters. The van der Waals surface area contributed by atoms with Crippen LogP contribution in [0.5, 0.6) is 0 Å². The Labute approximate surface area is 849 Å². The molecule has 2 aromatic carbocycles. The first-order valence-electron chi connectivity index (χ1n) is 51.4. The molecule has 43 nitrogen and oxygen atoms in total. The van der Waals surface area contributed by atoms with Crippen LogP contribution in [0.3, 0.4) is 0 Å². The van der Waals surface area contributed by atoms with Crippen molar-refractivity contribution in [3.63, 3.8) is 0 Å². The molecule has 2 aromatic rings. The number of ketones is 3. The number of alkyl halides is 2. The fourth-order valence-electron chi connectivity index (χ4n) is 21.7. The van der Waals surface area contributed by atoms with E-state index < -0.39 is 224 Å². The van der Waals surface area contributed by atoms with Crippen molar-refractivity contribution >= 4 is 69.9 Å². The highest BCUT2D eigenvalue weighted by molar-refractivity contribution is 6.03. The van der Waals surface area contributed by atoms with E-state index in [4.69, 9.17) is 67.4 Å². The topological polar surface area (TPSA) is 588 Å². The summed E-state index contributed by atoms with van der Waals surface area (Å²) in [5.74, 6) is -2.03. The number of nitrogens with zero attached hydrogens (tertiary/aromatic N) is 2. The van der Waals surface area contributed by atoms with Gasteiger partial charge < -0.3 is 155 Å². The number of unbranched alkanes of at least 4 members (excludes halogenated alkanes) is 1. The summed E-state index contributed by atoms with van der Waals surface area (Å²) in [6.45, 7) is 13.1. The van der Waals surface area contributed by atoms with Crippen LogP contribution >= 0.6 is 0 Å². The molecule has 0 spiro atoms. The second-order valence-electron chi connectivity index (χ2n) is 39.6. The first kappa shape index (κ1) is 116. The smallest absolute Gasteiger partial charge is 0.246 e. The maximum absolute atomic E-state index is 18.2. The number of para-hydroxylation sites is 1. The van der Waals surface area contributed by atoms with Crippen LogP contribution < -0.4 is 64.3 Å². The Morgan fingerprint density at radius 1 is 0.664 bits per heavy atom. The van der Waals surface area contributed by atoms with E-state index in [2.05, 4.69) is 53.6 Å². The summed E-state index contributed by atoms with van der Waals surface area (Å²) in [6, 6.07) is 12.7. The summed E-state index contributed by atoms with van der Waals surface area (Å²) in [7, 11) is 1.87. The zero-order chi connectivity index (χ0) is 105. The second kappa shape index (κ2) is 55.4. The number of hydrazine groups is 3. The van der Waals surface area contributed by atoms with Gasteiger partial charge in [0.15, 0.2) is 47.4 Å². The second-order valence-corrected chi connectivity index (χ2v) is 39.6. The molecule has 6 amide bonds. The maximum atomic E-state index is 18.2. The molecule has 146 heavy (non-hydrogen) atoms. The molecule has 20 N–H and O–H groups in total. The van der Waals surface area contributed by atoms with E-state index >= 15 is 13.6 Å². The lowest BCUT2D eigenvalue weighted by Crippen LogP contribution is -2.71. The number of carbonyl (C=O) groups is 9. The number of amides is 6. The number of carbonyl (C=O) groups excluding carboxylic acids is 9. The number of hydrogen-bond donors (Lipinski definition) is 19. The Balaban J connectivity index is 0.586. The standard InChI is InChI=1S/C101H153F2N13O30/c1-8-18-83-144-78-52-65-66-51-68(102)67-50-62(119)28-30-98(67,5)100(66,103)76(121)53-99(65,6)101(78,146-83)77(122)54-109-94(132)60(4)49-72(120)84(59(2)3)111-95(133)69(22-16-17-31-106-81(125)58-141-73-25-11-9-10-24-71-87(73)113-114-116(71)96-91(130)90(129)93(75(57-118)142-96)145-97-92(131)89(128)88(127)74(56-117)143-97)110-80(124)29-35-134-39-43-138-47-48-140-45-41-136-37-33-107-79(123)26-27-82(126)115-55-61-19-12-13-20-63(61)85(86(112-104)64-21-14-15-23-70(64)115)108-34-38-137-42-46-139-44-40-135-36-32-105-7/h12-15,19-21,23,28,30,50,59-60,65-66,68-69,73-76,78,83-84,88-93,96-97,105,108,112-114,117-118,121,127-131H,8-11,16-18,22,24-27,29,31-49,51-58,104H2,1-7H3,(H,106,125)(H,107,123)(H,109,132)(H,110,124)(H,111,133)/b86-85-/t60-,65+,66+,68+,69-,73?,74-,75-,76+,78-,83?,84+,88-,89+,90-,91-,92-,93-,96+,97-,98+,99+,100+,101-/m1/s1.